The molecular formula is C22H19BrN4O. The summed E-state index contributed by atoms with van der Waals surface area (Å²) >= 11 is 3.48. The van der Waals surface area contributed by atoms with Gasteiger partial charge in [-0.05, 0) is 42.0 Å². The molecule has 4 rings (SSSR count). The van der Waals surface area contributed by atoms with E-state index in [2.05, 4.69) is 49.0 Å². The topological polar surface area (TPSA) is 59.8 Å². The highest BCUT2D eigenvalue weighted by Gasteiger charge is 2.12. The molecule has 5 nitrogen and oxygen atoms in total. The zero-order valence-electron chi connectivity index (χ0n) is 15.2. The van der Waals surface area contributed by atoms with E-state index in [9.17, 15) is 4.79 Å². The van der Waals surface area contributed by atoms with Crippen molar-refractivity contribution in [3.63, 3.8) is 0 Å². The lowest BCUT2D eigenvalue weighted by Crippen LogP contribution is -2.26. The molecule has 2 aromatic heterocycles. The number of nitrogens with one attached hydrogen (secondary N) is 1. The molecule has 0 fully saturated rings. The lowest BCUT2D eigenvalue weighted by atomic mass is 10.2. The predicted octanol–water partition coefficient (Wildman–Crippen LogP) is 4.21. The number of para-hydroxylation sites is 2. The van der Waals surface area contributed by atoms with Crippen molar-refractivity contribution in [3.05, 3.63) is 94.5 Å². The Balaban J connectivity index is 1.53. The van der Waals surface area contributed by atoms with Gasteiger partial charge in [-0.1, -0.05) is 40.2 Å². The van der Waals surface area contributed by atoms with Crippen LogP contribution in [0.2, 0.25) is 0 Å². The SMILES string of the molecule is O=C(NCCc1nc2ccccc2n1Cc1ccc(Br)cc1)c1cccnc1. The van der Waals surface area contributed by atoms with Crippen molar-refractivity contribution in [3.8, 4) is 0 Å². The van der Waals surface area contributed by atoms with Gasteiger partial charge in [-0.25, -0.2) is 4.98 Å². The highest BCUT2D eigenvalue weighted by Crippen LogP contribution is 2.19. The lowest BCUT2D eigenvalue weighted by Gasteiger charge is -2.10. The molecule has 0 saturated carbocycles. The molecule has 6 heteroatoms. The third kappa shape index (κ3) is 4.12. The van der Waals surface area contributed by atoms with Crippen LogP contribution in [-0.4, -0.2) is 27.0 Å². The standard InChI is InChI=1S/C22H19BrN4O/c23-18-9-7-16(8-10-18)15-27-20-6-2-1-5-19(20)26-21(27)11-13-25-22(28)17-4-3-12-24-14-17/h1-10,12,14H,11,13,15H2,(H,25,28). The molecule has 2 heterocycles. The van der Waals surface area contributed by atoms with Crippen molar-refractivity contribution in [1.29, 1.82) is 0 Å². The molecule has 4 aromatic rings. The zero-order chi connectivity index (χ0) is 19.3. The van der Waals surface area contributed by atoms with Crippen LogP contribution in [0.3, 0.4) is 0 Å². The van der Waals surface area contributed by atoms with Crippen LogP contribution >= 0.6 is 15.9 Å². The number of fused-ring (bicyclic) bond motifs is 1. The summed E-state index contributed by atoms with van der Waals surface area (Å²) in [5.74, 6) is 0.833. The van der Waals surface area contributed by atoms with Crippen molar-refractivity contribution in [2.75, 3.05) is 6.54 Å². The minimum atomic E-state index is -0.122. The summed E-state index contributed by atoms with van der Waals surface area (Å²) in [6.45, 7) is 1.25. The average molecular weight is 435 g/mol. The number of amides is 1. The monoisotopic (exact) mass is 434 g/mol. The second-order valence-electron chi connectivity index (χ2n) is 6.48. The molecule has 0 aliphatic rings. The van der Waals surface area contributed by atoms with Gasteiger partial charge in [-0.2, -0.15) is 0 Å². The second-order valence-corrected chi connectivity index (χ2v) is 7.39. The largest absolute Gasteiger partial charge is 0.352 e. The highest BCUT2D eigenvalue weighted by molar-refractivity contribution is 9.10. The third-order valence-electron chi connectivity index (χ3n) is 4.55. The smallest absolute Gasteiger partial charge is 0.252 e. The summed E-state index contributed by atoms with van der Waals surface area (Å²) in [7, 11) is 0. The summed E-state index contributed by atoms with van der Waals surface area (Å²) in [5, 5.41) is 2.95. The minimum Gasteiger partial charge on any atom is -0.352 e. The number of carbonyl (C=O) groups excluding carboxylic acids is 1. The molecule has 0 unspecified atom stereocenters. The molecule has 0 radical (unpaired) electrons. The third-order valence-corrected chi connectivity index (χ3v) is 5.07. The normalized spacial score (nSPS) is 10.9. The number of imidazole rings is 1. The molecule has 1 N–H and O–H groups in total. The van der Waals surface area contributed by atoms with Crippen molar-refractivity contribution in [1.82, 2.24) is 19.9 Å². The van der Waals surface area contributed by atoms with E-state index in [1.54, 1.807) is 24.5 Å². The molecule has 2 aromatic carbocycles. The summed E-state index contributed by atoms with van der Waals surface area (Å²) in [6, 6.07) is 19.9. The Labute approximate surface area is 171 Å². The zero-order valence-corrected chi connectivity index (χ0v) is 16.8. The Morgan fingerprint density at radius 3 is 2.64 bits per heavy atom. The van der Waals surface area contributed by atoms with Gasteiger partial charge in [0.1, 0.15) is 5.82 Å². The first kappa shape index (κ1) is 18.4. The lowest BCUT2D eigenvalue weighted by molar-refractivity contribution is 0.0953. The second kappa shape index (κ2) is 8.35. The Hall–Kier alpha value is -2.99. The minimum absolute atomic E-state index is 0.122. The number of hydrogen-bond acceptors (Lipinski definition) is 3. The van der Waals surface area contributed by atoms with Gasteiger partial charge >= 0.3 is 0 Å². The molecule has 0 saturated heterocycles. The van der Waals surface area contributed by atoms with E-state index in [4.69, 9.17) is 4.98 Å². The van der Waals surface area contributed by atoms with Crippen molar-refractivity contribution in [2.24, 2.45) is 0 Å². The summed E-state index contributed by atoms with van der Waals surface area (Å²) < 4.78 is 3.28. The number of carbonyl (C=O) groups is 1. The van der Waals surface area contributed by atoms with Gasteiger partial charge in [0.05, 0.1) is 16.6 Å². The number of rotatable bonds is 6. The van der Waals surface area contributed by atoms with E-state index in [-0.39, 0.29) is 5.91 Å². The number of nitrogens with zero attached hydrogens (tertiary/aromatic N) is 3. The molecule has 1 amide bonds. The fourth-order valence-corrected chi connectivity index (χ4v) is 3.42. The predicted molar refractivity (Wildman–Crippen MR) is 113 cm³/mol. The van der Waals surface area contributed by atoms with Crippen LogP contribution in [0.1, 0.15) is 21.7 Å². The van der Waals surface area contributed by atoms with Crippen LogP contribution in [0.25, 0.3) is 11.0 Å². The van der Waals surface area contributed by atoms with Crippen LogP contribution in [0.5, 0.6) is 0 Å². The number of pyridine rings is 1. The van der Waals surface area contributed by atoms with Gasteiger partial charge in [-0.15, -0.1) is 0 Å². The summed E-state index contributed by atoms with van der Waals surface area (Å²) in [5.41, 5.74) is 3.82. The van der Waals surface area contributed by atoms with E-state index in [1.165, 1.54) is 5.56 Å². The van der Waals surface area contributed by atoms with Crippen molar-refractivity contribution in [2.45, 2.75) is 13.0 Å². The Bertz CT molecular complexity index is 1090. The average Bonchev–Trinajstić information content (AvgIpc) is 3.07. The first-order valence-corrected chi connectivity index (χ1v) is 9.87. The number of hydrogen-bond donors (Lipinski definition) is 1. The highest BCUT2D eigenvalue weighted by atomic mass is 79.9. The van der Waals surface area contributed by atoms with E-state index >= 15 is 0 Å². The van der Waals surface area contributed by atoms with Crippen molar-refractivity contribution < 1.29 is 4.79 Å². The first-order chi connectivity index (χ1) is 13.7. The Kier molecular flexibility index (Phi) is 5.48. The van der Waals surface area contributed by atoms with E-state index in [0.29, 0.717) is 18.5 Å². The summed E-state index contributed by atoms with van der Waals surface area (Å²) in [6.07, 6.45) is 3.87. The number of benzene rings is 2. The van der Waals surface area contributed by atoms with Crippen LogP contribution < -0.4 is 5.32 Å². The van der Waals surface area contributed by atoms with Gasteiger partial charge in [0.25, 0.3) is 5.91 Å². The Morgan fingerprint density at radius 1 is 1.04 bits per heavy atom. The van der Waals surface area contributed by atoms with Gasteiger partial charge in [0.15, 0.2) is 0 Å². The van der Waals surface area contributed by atoms with Gasteiger partial charge in [0.2, 0.25) is 0 Å². The van der Waals surface area contributed by atoms with Crippen LogP contribution in [0.4, 0.5) is 0 Å². The molecule has 28 heavy (non-hydrogen) atoms. The van der Waals surface area contributed by atoms with Crippen LogP contribution in [0.15, 0.2) is 77.5 Å². The van der Waals surface area contributed by atoms with E-state index < -0.39 is 0 Å². The summed E-state index contributed by atoms with van der Waals surface area (Å²) in [4.78, 5) is 21.0. The molecule has 0 bridgehead atoms. The maximum absolute atomic E-state index is 12.2. The maximum Gasteiger partial charge on any atom is 0.252 e. The fourth-order valence-electron chi connectivity index (χ4n) is 3.15. The molecule has 0 aliphatic carbocycles. The maximum atomic E-state index is 12.2. The van der Waals surface area contributed by atoms with Gasteiger partial charge in [-0.3, -0.25) is 9.78 Å². The number of aromatic nitrogens is 3. The fraction of sp³-hybridized carbons (Fsp3) is 0.136. The van der Waals surface area contributed by atoms with Crippen LogP contribution in [-0.2, 0) is 13.0 Å². The molecule has 0 spiro atoms. The Morgan fingerprint density at radius 2 is 1.86 bits per heavy atom. The molecule has 0 aliphatic heterocycles. The molecule has 140 valence electrons. The number of halogens is 1. The van der Waals surface area contributed by atoms with E-state index in [1.807, 2.05) is 30.3 Å². The molecule has 0 atom stereocenters. The van der Waals surface area contributed by atoms with Crippen molar-refractivity contribution >= 4 is 32.9 Å². The first-order valence-electron chi connectivity index (χ1n) is 9.07. The molecular weight excluding hydrogens is 416 g/mol. The quantitative estimate of drug-likeness (QED) is 0.494. The van der Waals surface area contributed by atoms with Gasteiger partial charge in [0, 0.05) is 36.4 Å². The van der Waals surface area contributed by atoms with Crippen LogP contribution in [0, 0.1) is 0 Å². The van der Waals surface area contributed by atoms with E-state index in [0.717, 1.165) is 27.9 Å². The van der Waals surface area contributed by atoms with Gasteiger partial charge < -0.3 is 9.88 Å².